The standard InChI is InChI=1S/C12H17FN2O4S2/c13-11-8-10(20(14,16)17)5-6-12(11)21(18,19)15-7-1-2-9-3-4-9/h5-6,8-9,15H,1-4,7H2,(H2,14,16,17). The Kier molecular flexibility index (Phi) is 4.66. The highest BCUT2D eigenvalue weighted by atomic mass is 32.2. The van der Waals surface area contributed by atoms with Gasteiger partial charge in [-0.15, -0.1) is 0 Å². The zero-order valence-electron chi connectivity index (χ0n) is 11.2. The molecule has 1 fully saturated rings. The molecule has 0 spiro atoms. The number of hydrogen-bond donors (Lipinski definition) is 2. The molecule has 21 heavy (non-hydrogen) atoms. The van der Waals surface area contributed by atoms with Gasteiger partial charge in [0.1, 0.15) is 10.7 Å². The van der Waals surface area contributed by atoms with E-state index in [0.717, 1.165) is 18.6 Å². The Morgan fingerprint density at radius 3 is 2.43 bits per heavy atom. The summed E-state index contributed by atoms with van der Waals surface area (Å²) in [4.78, 5) is -1.05. The van der Waals surface area contributed by atoms with Crippen molar-refractivity contribution in [2.75, 3.05) is 6.54 Å². The number of sulfonamides is 2. The predicted octanol–water partition coefficient (Wildman–Crippen LogP) is 0.942. The zero-order chi connectivity index (χ0) is 15.7. The first-order valence-electron chi connectivity index (χ1n) is 6.52. The second-order valence-electron chi connectivity index (χ2n) is 5.12. The molecule has 1 aromatic rings. The molecule has 0 aromatic heterocycles. The highest BCUT2D eigenvalue weighted by molar-refractivity contribution is 7.89. The monoisotopic (exact) mass is 336 g/mol. The number of benzene rings is 1. The Hall–Kier alpha value is -1.03. The van der Waals surface area contributed by atoms with Gasteiger partial charge in [0.2, 0.25) is 20.0 Å². The minimum Gasteiger partial charge on any atom is -0.225 e. The van der Waals surface area contributed by atoms with Gasteiger partial charge in [-0.3, -0.25) is 0 Å². The summed E-state index contributed by atoms with van der Waals surface area (Å²) in [5, 5.41) is 4.86. The molecule has 1 aliphatic rings. The van der Waals surface area contributed by atoms with Crippen LogP contribution in [0.25, 0.3) is 0 Å². The van der Waals surface area contributed by atoms with E-state index in [0.29, 0.717) is 18.4 Å². The van der Waals surface area contributed by atoms with E-state index in [9.17, 15) is 21.2 Å². The summed E-state index contributed by atoms with van der Waals surface area (Å²) in [5.41, 5.74) is 0. The van der Waals surface area contributed by atoms with Crippen LogP contribution in [-0.4, -0.2) is 23.4 Å². The van der Waals surface area contributed by atoms with Crippen molar-refractivity contribution in [2.45, 2.75) is 35.5 Å². The van der Waals surface area contributed by atoms with Gasteiger partial charge < -0.3 is 0 Å². The van der Waals surface area contributed by atoms with E-state index in [1.165, 1.54) is 12.8 Å². The first kappa shape index (κ1) is 16.3. The number of primary sulfonamides is 1. The Morgan fingerprint density at radius 2 is 1.90 bits per heavy atom. The molecule has 1 aromatic carbocycles. The first-order valence-corrected chi connectivity index (χ1v) is 9.55. The van der Waals surface area contributed by atoms with Crippen LogP contribution in [0.5, 0.6) is 0 Å². The van der Waals surface area contributed by atoms with Gasteiger partial charge >= 0.3 is 0 Å². The third-order valence-corrected chi connectivity index (χ3v) is 5.70. The minimum absolute atomic E-state index is 0.231. The van der Waals surface area contributed by atoms with Crippen molar-refractivity contribution in [3.05, 3.63) is 24.0 Å². The molecule has 118 valence electrons. The molecular weight excluding hydrogens is 319 g/mol. The highest BCUT2D eigenvalue weighted by Crippen LogP contribution is 2.33. The van der Waals surface area contributed by atoms with Crippen molar-refractivity contribution in [3.8, 4) is 0 Å². The Balaban J connectivity index is 2.08. The highest BCUT2D eigenvalue weighted by Gasteiger charge is 2.23. The van der Waals surface area contributed by atoms with Crippen LogP contribution in [-0.2, 0) is 20.0 Å². The van der Waals surface area contributed by atoms with Gasteiger partial charge in [-0.05, 0) is 37.0 Å². The van der Waals surface area contributed by atoms with Crippen LogP contribution in [0.2, 0.25) is 0 Å². The van der Waals surface area contributed by atoms with Crippen molar-refractivity contribution in [1.29, 1.82) is 0 Å². The van der Waals surface area contributed by atoms with Crippen LogP contribution in [0.3, 0.4) is 0 Å². The number of nitrogens with one attached hydrogen (secondary N) is 1. The van der Waals surface area contributed by atoms with Gasteiger partial charge in [-0.25, -0.2) is 31.1 Å². The molecule has 0 saturated heterocycles. The van der Waals surface area contributed by atoms with Crippen LogP contribution in [0.1, 0.15) is 25.7 Å². The van der Waals surface area contributed by atoms with Crippen molar-refractivity contribution < 1.29 is 21.2 Å². The molecule has 1 saturated carbocycles. The fraction of sp³-hybridized carbons (Fsp3) is 0.500. The molecule has 2 rings (SSSR count). The Morgan fingerprint density at radius 1 is 1.24 bits per heavy atom. The number of halogens is 1. The lowest BCUT2D eigenvalue weighted by Gasteiger charge is -2.08. The van der Waals surface area contributed by atoms with Crippen molar-refractivity contribution in [1.82, 2.24) is 4.72 Å². The minimum atomic E-state index is -4.07. The van der Waals surface area contributed by atoms with E-state index in [2.05, 4.69) is 4.72 Å². The molecule has 6 nitrogen and oxygen atoms in total. The normalized spacial score (nSPS) is 16.1. The van der Waals surface area contributed by atoms with Crippen LogP contribution in [0.15, 0.2) is 28.0 Å². The van der Waals surface area contributed by atoms with E-state index in [-0.39, 0.29) is 6.54 Å². The lowest BCUT2D eigenvalue weighted by molar-refractivity contribution is 0.548. The van der Waals surface area contributed by atoms with Crippen LogP contribution < -0.4 is 9.86 Å². The van der Waals surface area contributed by atoms with Gasteiger partial charge in [-0.2, -0.15) is 0 Å². The molecular formula is C12H17FN2O4S2. The van der Waals surface area contributed by atoms with Gasteiger partial charge in [0.25, 0.3) is 0 Å². The SMILES string of the molecule is NS(=O)(=O)c1ccc(S(=O)(=O)NCCCC2CC2)c(F)c1. The molecule has 0 unspecified atom stereocenters. The smallest absolute Gasteiger partial charge is 0.225 e. The summed E-state index contributed by atoms with van der Waals surface area (Å²) in [5.74, 6) is -0.448. The predicted molar refractivity (Wildman–Crippen MR) is 74.9 cm³/mol. The second kappa shape index (κ2) is 5.99. The molecule has 0 radical (unpaired) electrons. The molecule has 0 heterocycles. The summed E-state index contributed by atoms with van der Waals surface area (Å²) in [6.45, 7) is 0.231. The van der Waals surface area contributed by atoms with E-state index in [4.69, 9.17) is 5.14 Å². The fourth-order valence-corrected chi connectivity index (χ4v) is 3.61. The Labute approximate surface area is 123 Å². The van der Waals surface area contributed by atoms with E-state index >= 15 is 0 Å². The van der Waals surface area contributed by atoms with Crippen LogP contribution >= 0.6 is 0 Å². The van der Waals surface area contributed by atoms with Crippen LogP contribution in [0.4, 0.5) is 4.39 Å². The van der Waals surface area contributed by atoms with Crippen molar-refractivity contribution in [2.24, 2.45) is 11.1 Å². The summed E-state index contributed by atoms with van der Waals surface area (Å²) in [7, 11) is -8.06. The largest absolute Gasteiger partial charge is 0.243 e. The molecule has 0 bridgehead atoms. The van der Waals surface area contributed by atoms with Gasteiger partial charge in [0, 0.05) is 6.54 Å². The van der Waals surface area contributed by atoms with Gasteiger partial charge in [0.15, 0.2) is 0 Å². The van der Waals surface area contributed by atoms with Crippen molar-refractivity contribution in [3.63, 3.8) is 0 Å². The molecule has 0 aliphatic heterocycles. The summed E-state index contributed by atoms with van der Waals surface area (Å²) in [6.07, 6.45) is 4.03. The lowest BCUT2D eigenvalue weighted by atomic mass is 10.2. The Bertz CT molecular complexity index is 728. The maximum Gasteiger partial charge on any atom is 0.243 e. The third kappa shape index (κ3) is 4.47. The quantitative estimate of drug-likeness (QED) is 0.723. The summed E-state index contributed by atoms with van der Waals surface area (Å²) >= 11 is 0. The van der Waals surface area contributed by atoms with E-state index < -0.39 is 35.7 Å². The summed E-state index contributed by atoms with van der Waals surface area (Å²) < 4.78 is 62.1. The molecule has 0 amide bonds. The third-order valence-electron chi connectivity index (χ3n) is 3.30. The summed E-state index contributed by atoms with van der Waals surface area (Å²) in [6, 6.07) is 2.48. The maximum atomic E-state index is 13.8. The molecule has 1 aliphatic carbocycles. The van der Waals surface area contributed by atoms with E-state index in [1.54, 1.807) is 0 Å². The molecule has 9 heteroatoms. The first-order chi connectivity index (χ1) is 9.70. The maximum absolute atomic E-state index is 13.8. The number of rotatable bonds is 7. The zero-order valence-corrected chi connectivity index (χ0v) is 12.9. The van der Waals surface area contributed by atoms with Crippen molar-refractivity contribution >= 4 is 20.0 Å². The fourth-order valence-electron chi connectivity index (χ4n) is 1.96. The van der Waals surface area contributed by atoms with E-state index in [1.807, 2.05) is 0 Å². The molecule has 3 N–H and O–H groups in total. The second-order valence-corrected chi connectivity index (χ2v) is 8.42. The van der Waals surface area contributed by atoms with Gasteiger partial charge in [0.05, 0.1) is 4.90 Å². The molecule has 0 atom stereocenters. The number of hydrogen-bond acceptors (Lipinski definition) is 4. The topological polar surface area (TPSA) is 106 Å². The van der Waals surface area contributed by atoms with Crippen LogP contribution in [0, 0.1) is 11.7 Å². The van der Waals surface area contributed by atoms with Gasteiger partial charge in [-0.1, -0.05) is 12.8 Å². The average molecular weight is 336 g/mol. The lowest BCUT2D eigenvalue weighted by Crippen LogP contribution is -2.26. The number of nitrogens with two attached hydrogens (primary N) is 1. The average Bonchev–Trinajstić information content (AvgIpc) is 3.17.